The number of benzene rings is 3. The Morgan fingerprint density at radius 2 is 1.77 bits per heavy atom. The van der Waals surface area contributed by atoms with Crippen LogP contribution in [0.5, 0.6) is 5.75 Å². The third kappa shape index (κ3) is 5.80. The summed E-state index contributed by atoms with van der Waals surface area (Å²) in [7, 11) is 5.62. The van der Waals surface area contributed by atoms with E-state index in [0.29, 0.717) is 11.2 Å². The maximum Gasteiger partial charge on any atom is 0.422 e. The molecule has 4 aromatic rings. The van der Waals surface area contributed by atoms with Crippen LogP contribution < -0.4 is 20.8 Å². The van der Waals surface area contributed by atoms with Gasteiger partial charge in [-0.1, -0.05) is 40.8 Å². The third-order valence-electron chi connectivity index (χ3n) is 4.68. The highest BCUT2D eigenvalue weighted by atomic mass is 35.5. The Morgan fingerprint density at radius 1 is 1.09 bits per heavy atom. The number of nitrogens with zero attached hydrogens (tertiary/aromatic N) is 1. The second-order valence-corrected chi connectivity index (χ2v) is 8.09. The van der Waals surface area contributed by atoms with E-state index in [0.717, 1.165) is 6.07 Å². The standard InChI is InChI=1S/C22H13BCl2F4N4O2/c23-10-1-3-11(4-2-10)30-20(34)12-7-15-16(8-17(12)35-9-22(27,28)29)32-21(31-15)33-19-14(25)6-5-13(24)18(19)26/h1-8H,9H2,(H,30,34)(H2,31,32,33). The van der Waals surface area contributed by atoms with E-state index in [1.807, 2.05) is 0 Å². The van der Waals surface area contributed by atoms with Gasteiger partial charge in [0.05, 0.1) is 32.3 Å². The quantitative estimate of drug-likeness (QED) is 0.171. The molecular weight excluding hydrogens is 510 g/mol. The van der Waals surface area contributed by atoms with E-state index in [4.69, 9.17) is 35.8 Å². The van der Waals surface area contributed by atoms with Crippen molar-refractivity contribution in [1.29, 1.82) is 0 Å². The van der Waals surface area contributed by atoms with Crippen molar-refractivity contribution >= 4 is 70.8 Å². The lowest BCUT2D eigenvalue weighted by molar-refractivity contribution is -0.153. The number of aromatic amines is 1. The molecule has 1 heterocycles. The van der Waals surface area contributed by atoms with Gasteiger partial charge in [0.2, 0.25) is 5.95 Å². The monoisotopic (exact) mass is 522 g/mol. The molecule has 0 unspecified atom stereocenters. The molecule has 2 radical (unpaired) electrons. The number of hydrogen-bond donors (Lipinski definition) is 3. The fraction of sp³-hybridized carbons (Fsp3) is 0.0909. The molecule has 0 atom stereocenters. The summed E-state index contributed by atoms with van der Waals surface area (Å²) in [5.41, 5.74) is 0.880. The highest BCUT2D eigenvalue weighted by Crippen LogP contribution is 2.34. The molecule has 0 saturated heterocycles. The van der Waals surface area contributed by atoms with E-state index in [-0.39, 0.29) is 44.0 Å². The summed E-state index contributed by atoms with van der Waals surface area (Å²) < 4.78 is 57.7. The SMILES string of the molecule is [B]c1ccc(NC(=O)c2cc3[nH]c(Nc4c(Cl)ccc(Cl)c4F)nc3cc2OCC(F)(F)F)cc1. The first-order valence-electron chi connectivity index (χ1n) is 9.81. The van der Waals surface area contributed by atoms with Gasteiger partial charge in [-0.05, 0) is 30.3 Å². The van der Waals surface area contributed by atoms with E-state index in [9.17, 15) is 22.4 Å². The number of halogens is 6. The highest BCUT2D eigenvalue weighted by Gasteiger charge is 2.29. The maximum absolute atomic E-state index is 14.4. The second-order valence-electron chi connectivity index (χ2n) is 7.27. The van der Waals surface area contributed by atoms with Crippen LogP contribution in [0.1, 0.15) is 10.4 Å². The Bertz CT molecular complexity index is 1410. The molecule has 1 amide bonds. The first kappa shape index (κ1) is 24.7. The van der Waals surface area contributed by atoms with Crippen molar-refractivity contribution in [3.05, 3.63) is 70.0 Å². The summed E-state index contributed by atoms with van der Waals surface area (Å²) in [4.78, 5) is 19.9. The van der Waals surface area contributed by atoms with Crippen LogP contribution in [0.4, 0.5) is 34.9 Å². The van der Waals surface area contributed by atoms with Crippen LogP contribution in [-0.4, -0.2) is 36.5 Å². The van der Waals surface area contributed by atoms with Crippen molar-refractivity contribution in [3.63, 3.8) is 0 Å². The molecule has 35 heavy (non-hydrogen) atoms. The molecule has 3 N–H and O–H groups in total. The van der Waals surface area contributed by atoms with E-state index in [1.165, 1.54) is 30.3 Å². The van der Waals surface area contributed by atoms with Gasteiger partial charge in [0, 0.05) is 11.8 Å². The predicted octanol–water partition coefficient (Wildman–Crippen LogP) is 5.74. The van der Waals surface area contributed by atoms with Gasteiger partial charge in [0.25, 0.3) is 5.91 Å². The summed E-state index contributed by atoms with van der Waals surface area (Å²) in [5.74, 6) is -1.91. The number of rotatable bonds is 6. The number of imidazole rings is 1. The summed E-state index contributed by atoms with van der Waals surface area (Å²) in [5, 5.41) is 5.05. The lowest BCUT2D eigenvalue weighted by Gasteiger charge is -2.13. The molecule has 13 heteroatoms. The molecule has 178 valence electrons. The average Bonchev–Trinajstić information content (AvgIpc) is 3.19. The number of carbonyl (C=O) groups is 1. The minimum Gasteiger partial charge on any atom is -0.483 e. The largest absolute Gasteiger partial charge is 0.483 e. The molecule has 3 aromatic carbocycles. The molecule has 0 aliphatic carbocycles. The topological polar surface area (TPSA) is 79.0 Å². The number of carbonyl (C=O) groups excluding carboxylic acids is 1. The molecule has 0 saturated carbocycles. The van der Waals surface area contributed by atoms with Crippen molar-refractivity contribution in [2.75, 3.05) is 17.2 Å². The number of fused-ring (bicyclic) bond motifs is 1. The fourth-order valence-electron chi connectivity index (χ4n) is 3.08. The zero-order valence-electron chi connectivity index (χ0n) is 17.4. The average molecular weight is 523 g/mol. The van der Waals surface area contributed by atoms with E-state index in [2.05, 4.69) is 20.6 Å². The second kappa shape index (κ2) is 9.67. The Labute approximate surface area is 207 Å². The van der Waals surface area contributed by atoms with Crippen molar-refractivity contribution in [3.8, 4) is 5.75 Å². The van der Waals surface area contributed by atoms with Crippen LogP contribution in [-0.2, 0) is 0 Å². The van der Waals surface area contributed by atoms with E-state index in [1.54, 1.807) is 12.1 Å². The number of hydrogen-bond acceptors (Lipinski definition) is 4. The highest BCUT2D eigenvalue weighted by molar-refractivity contribution is 6.35. The fourth-order valence-corrected chi connectivity index (χ4v) is 3.43. The maximum atomic E-state index is 14.4. The van der Waals surface area contributed by atoms with Crippen LogP contribution in [0, 0.1) is 5.82 Å². The number of ether oxygens (including phenoxy) is 1. The zero-order chi connectivity index (χ0) is 25.3. The van der Waals surface area contributed by atoms with Gasteiger partial charge in [0.1, 0.15) is 13.6 Å². The van der Waals surface area contributed by atoms with Gasteiger partial charge in [0.15, 0.2) is 12.4 Å². The van der Waals surface area contributed by atoms with Gasteiger partial charge in [-0.25, -0.2) is 9.37 Å². The number of anilines is 3. The van der Waals surface area contributed by atoms with Crippen molar-refractivity contribution < 1.29 is 27.1 Å². The van der Waals surface area contributed by atoms with Gasteiger partial charge < -0.3 is 20.4 Å². The van der Waals surface area contributed by atoms with Crippen LogP contribution in [0.15, 0.2) is 48.5 Å². The van der Waals surface area contributed by atoms with Gasteiger partial charge in [-0.15, -0.1) is 0 Å². The molecule has 0 bridgehead atoms. The van der Waals surface area contributed by atoms with E-state index < -0.39 is 24.5 Å². The minimum atomic E-state index is -4.64. The van der Waals surface area contributed by atoms with Crippen LogP contribution in [0.25, 0.3) is 11.0 Å². The lowest BCUT2D eigenvalue weighted by atomic mass is 9.96. The van der Waals surface area contributed by atoms with Crippen molar-refractivity contribution in [2.24, 2.45) is 0 Å². The number of alkyl halides is 3. The molecule has 0 aliphatic heterocycles. The molecule has 0 aliphatic rings. The van der Waals surface area contributed by atoms with Crippen molar-refractivity contribution in [1.82, 2.24) is 9.97 Å². The smallest absolute Gasteiger partial charge is 0.422 e. The Kier molecular flexibility index (Phi) is 6.82. The Morgan fingerprint density at radius 3 is 2.46 bits per heavy atom. The molecular formula is C22H13BCl2F4N4O2. The summed E-state index contributed by atoms with van der Waals surface area (Å²) in [6.07, 6.45) is -4.64. The molecule has 6 nitrogen and oxygen atoms in total. The minimum absolute atomic E-state index is 0.000862. The van der Waals surface area contributed by atoms with Crippen LogP contribution in [0.3, 0.4) is 0 Å². The summed E-state index contributed by atoms with van der Waals surface area (Å²) in [6, 6.07) is 11.2. The van der Waals surface area contributed by atoms with Crippen LogP contribution >= 0.6 is 23.2 Å². The number of nitrogens with one attached hydrogen (secondary N) is 3. The van der Waals surface area contributed by atoms with Crippen molar-refractivity contribution in [2.45, 2.75) is 6.18 Å². The van der Waals surface area contributed by atoms with Gasteiger partial charge in [-0.2, -0.15) is 13.2 Å². The van der Waals surface area contributed by atoms with Gasteiger partial charge >= 0.3 is 6.18 Å². The predicted molar refractivity (Wildman–Crippen MR) is 127 cm³/mol. The number of H-pyrrole nitrogens is 1. The normalized spacial score (nSPS) is 11.5. The molecule has 1 aromatic heterocycles. The lowest BCUT2D eigenvalue weighted by Crippen LogP contribution is -2.21. The third-order valence-corrected chi connectivity index (χ3v) is 5.28. The Hall–Kier alpha value is -3.44. The summed E-state index contributed by atoms with van der Waals surface area (Å²) >= 11 is 11.8. The van der Waals surface area contributed by atoms with Crippen LogP contribution in [0.2, 0.25) is 10.0 Å². The number of aromatic nitrogens is 2. The first-order chi connectivity index (χ1) is 16.5. The summed E-state index contributed by atoms with van der Waals surface area (Å²) in [6.45, 7) is -1.63. The zero-order valence-corrected chi connectivity index (χ0v) is 18.9. The molecule has 4 rings (SSSR count). The number of amides is 1. The first-order valence-corrected chi connectivity index (χ1v) is 10.6. The van der Waals surface area contributed by atoms with Gasteiger partial charge in [-0.3, -0.25) is 4.79 Å². The Balaban J connectivity index is 1.70. The molecule has 0 fully saturated rings. The molecule has 0 spiro atoms. The van der Waals surface area contributed by atoms with E-state index >= 15 is 0 Å².